The Balaban J connectivity index is 1.80. The van der Waals surface area contributed by atoms with E-state index in [1.54, 1.807) is 30.5 Å². The fraction of sp³-hybridized carbons (Fsp3) is 0.143. The van der Waals surface area contributed by atoms with E-state index in [0.29, 0.717) is 17.1 Å². The van der Waals surface area contributed by atoms with Crippen LogP contribution in [0.1, 0.15) is 28.5 Å². The highest BCUT2D eigenvalue weighted by Crippen LogP contribution is 2.23. The average Bonchev–Trinajstić information content (AvgIpc) is 2.69. The molecule has 0 spiro atoms. The Labute approximate surface area is 158 Å². The van der Waals surface area contributed by atoms with Crippen LogP contribution in [0.15, 0.2) is 60.9 Å². The maximum atomic E-state index is 12.4. The van der Waals surface area contributed by atoms with Crippen LogP contribution in [0, 0.1) is 18.3 Å². The van der Waals surface area contributed by atoms with Gasteiger partial charge in [-0.05, 0) is 43.7 Å². The Hall–Kier alpha value is -3.72. The first-order valence-electron chi connectivity index (χ1n) is 8.59. The third-order valence-electron chi connectivity index (χ3n) is 4.07. The van der Waals surface area contributed by atoms with Crippen LogP contribution in [-0.4, -0.2) is 22.4 Å². The largest absolute Gasteiger partial charge is 0.325 e. The average molecular weight is 357 g/mol. The van der Waals surface area contributed by atoms with Gasteiger partial charge in [0.25, 0.3) is 5.91 Å². The van der Waals surface area contributed by atoms with E-state index < -0.39 is 5.91 Å². The maximum Gasteiger partial charge on any atom is 0.275 e. The van der Waals surface area contributed by atoms with Gasteiger partial charge in [-0.25, -0.2) is 9.97 Å². The quantitative estimate of drug-likeness (QED) is 0.744. The van der Waals surface area contributed by atoms with Gasteiger partial charge in [0.05, 0.1) is 23.6 Å². The summed E-state index contributed by atoms with van der Waals surface area (Å²) in [6, 6.07) is 17.0. The van der Waals surface area contributed by atoms with Gasteiger partial charge >= 0.3 is 0 Å². The van der Waals surface area contributed by atoms with Crippen LogP contribution < -0.4 is 10.2 Å². The number of anilines is 3. The van der Waals surface area contributed by atoms with Gasteiger partial charge < -0.3 is 10.2 Å². The van der Waals surface area contributed by atoms with Crippen LogP contribution in [0.25, 0.3) is 0 Å². The number of carbonyl (C=O) groups is 1. The van der Waals surface area contributed by atoms with Crippen molar-refractivity contribution in [2.75, 3.05) is 16.8 Å². The molecule has 0 saturated carbocycles. The summed E-state index contributed by atoms with van der Waals surface area (Å²) in [6.45, 7) is 4.79. The van der Waals surface area contributed by atoms with Gasteiger partial charge in [0.2, 0.25) is 0 Å². The van der Waals surface area contributed by atoms with Crippen molar-refractivity contribution < 1.29 is 4.79 Å². The zero-order valence-corrected chi connectivity index (χ0v) is 15.2. The number of para-hydroxylation sites is 1. The highest BCUT2D eigenvalue weighted by Gasteiger charge is 2.13. The van der Waals surface area contributed by atoms with Gasteiger partial charge in [-0.3, -0.25) is 4.79 Å². The molecule has 27 heavy (non-hydrogen) atoms. The molecule has 134 valence electrons. The lowest BCUT2D eigenvalue weighted by atomic mass is 10.2. The van der Waals surface area contributed by atoms with E-state index in [4.69, 9.17) is 5.26 Å². The first-order chi connectivity index (χ1) is 13.1. The zero-order chi connectivity index (χ0) is 19.2. The Bertz CT molecular complexity index is 992. The minimum absolute atomic E-state index is 0.187. The lowest BCUT2D eigenvalue weighted by Gasteiger charge is -2.22. The third-order valence-corrected chi connectivity index (χ3v) is 4.07. The van der Waals surface area contributed by atoms with Crippen molar-refractivity contribution in [3.8, 4) is 6.07 Å². The molecule has 6 heteroatoms. The topological polar surface area (TPSA) is 81.9 Å². The van der Waals surface area contributed by atoms with Crippen LogP contribution in [0.5, 0.6) is 0 Å². The van der Waals surface area contributed by atoms with E-state index in [0.717, 1.165) is 17.8 Å². The van der Waals surface area contributed by atoms with Gasteiger partial charge in [0.15, 0.2) is 5.82 Å². The smallest absolute Gasteiger partial charge is 0.275 e. The standard InChI is InChI=1S/C21H19N5O/c1-3-26(17-9-6-7-15(2)11-17)20-14-23-19(13-24-20)21(27)25-18-10-5-4-8-16(18)12-22/h4-11,13-14H,3H2,1-2H3,(H,25,27). The van der Waals surface area contributed by atoms with E-state index >= 15 is 0 Å². The molecule has 0 aliphatic heterocycles. The highest BCUT2D eigenvalue weighted by atomic mass is 16.1. The lowest BCUT2D eigenvalue weighted by molar-refractivity contribution is 0.102. The molecule has 1 N–H and O–H groups in total. The summed E-state index contributed by atoms with van der Waals surface area (Å²) in [5.74, 6) is 0.257. The molecule has 3 rings (SSSR count). The van der Waals surface area contributed by atoms with Crippen LogP contribution in [0.4, 0.5) is 17.2 Å². The number of carbonyl (C=O) groups excluding carboxylic acids is 1. The molecular formula is C21H19N5O. The van der Waals surface area contributed by atoms with Gasteiger partial charge in [-0.1, -0.05) is 24.3 Å². The fourth-order valence-electron chi connectivity index (χ4n) is 2.73. The van der Waals surface area contributed by atoms with E-state index in [-0.39, 0.29) is 5.69 Å². The number of nitriles is 1. The summed E-state index contributed by atoms with van der Waals surface area (Å²) in [4.78, 5) is 23.1. The molecule has 0 saturated heterocycles. The molecule has 3 aromatic rings. The second-order valence-electron chi connectivity index (χ2n) is 5.95. The summed E-state index contributed by atoms with van der Waals surface area (Å²) in [7, 11) is 0. The number of hydrogen-bond donors (Lipinski definition) is 1. The normalized spacial score (nSPS) is 10.1. The lowest BCUT2D eigenvalue weighted by Crippen LogP contribution is -2.19. The molecule has 0 aliphatic rings. The number of hydrogen-bond acceptors (Lipinski definition) is 5. The van der Waals surface area contributed by atoms with Crippen molar-refractivity contribution in [1.29, 1.82) is 5.26 Å². The number of nitrogens with one attached hydrogen (secondary N) is 1. The number of rotatable bonds is 5. The van der Waals surface area contributed by atoms with Gasteiger partial charge in [-0.15, -0.1) is 0 Å². The molecule has 0 fully saturated rings. The number of nitrogens with zero attached hydrogens (tertiary/aromatic N) is 4. The SMILES string of the molecule is CCN(c1cccc(C)c1)c1cnc(C(=O)Nc2ccccc2C#N)cn1. The van der Waals surface area contributed by atoms with E-state index in [1.807, 2.05) is 43.0 Å². The summed E-state index contributed by atoms with van der Waals surface area (Å²) in [6.07, 6.45) is 3.02. The van der Waals surface area contributed by atoms with Crippen molar-refractivity contribution in [3.05, 3.63) is 77.7 Å². The second kappa shape index (κ2) is 8.11. The Kier molecular flexibility index (Phi) is 5.43. The third kappa shape index (κ3) is 4.10. The Morgan fingerprint density at radius 1 is 1.15 bits per heavy atom. The van der Waals surface area contributed by atoms with Crippen LogP contribution in [0.3, 0.4) is 0 Å². The van der Waals surface area contributed by atoms with Crippen molar-refractivity contribution in [2.24, 2.45) is 0 Å². The van der Waals surface area contributed by atoms with E-state index in [2.05, 4.69) is 21.4 Å². The van der Waals surface area contributed by atoms with Crippen molar-refractivity contribution in [2.45, 2.75) is 13.8 Å². The van der Waals surface area contributed by atoms with Crippen LogP contribution in [0.2, 0.25) is 0 Å². The molecule has 2 aromatic carbocycles. The molecule has 0 atom stereocenters. The molecule has 6 nitrogen and oxygen atoms in total. The summed E-state index contributed by atoms with van der Waals surface area (Å²) in [5.41, 5.74) is 3.21. The highest BCUT2D eigenvalue weighted by molar-refractivity contribution is 6.03. The van der Waals surface area contributed by atoms with Crippen molar-refractivity contribution in [3.63, 3.8) is 0 Å². The first kappa shape index (κ1) is 18.1. The summed E-state index contributed by atoms with van der Waals surface area (Å²) >= 11 is 0. The maximum absolute atomic E-state index is 12.4. The molecule has 0 bridgehead atoms. The van der Waals surface area contributed by atoms with Crippen molar-refractivity contribution >= 4 is 23.1 Å². The number of aromatic nitrogens is 2. The zero-order valence-electron chi connectivity index (χ0n) is 15.2. The molecule has 1 aromatic heterocycles. The van der Waals surface area contributed by atoms with Gasteiger partial charge in [0, 0.05) is 12.2 Å². The molecule has 1 amide bonds. The number of aryl methyl sites for hydroxylation is 1. The van der Waals surface area contributed by atoms with E-state index in [9.17, 15) is 4.79 Å². The molecule has 0 radical (unpaired) electrons. The van der Waals surface area contributed by atoms with Crippen molar-refractivity contribution in [1.82, 2.24) is 9.97 Å². The molecule has 0 aliphatic carbocycles. The predicted octanol–water partition coefficient (Wildman–Crippen LogP) is 4.07. The van der Waals surface area contributed by atoms with Crippen LogP contribution in [-0.2, 0) is 0 Å². The predicted molar refractivity (Wildman–Crippen MR) is 105 cm³/mol. The minimum atomic E-state index is -0.407. The molecule has 1 heterocycles. The summed E-state index contributed by atoms with van der Waals surface area (Å²) < 4.78 is 0. The fourth-order valence-corrected chi connectivity index (χ4v) is 2.73. The van der Waals surface area contributed by atoms with Gasteiger partial charge in [0.1, 0.15) is 11.8 Å². The van der Waals surface area contributed by atoms with E-state index in [1.165, 1.54) is 6.20 Å². The second-order valence-corrected chi connectivity index (χ2v) is 5.95. The number of amides is 1. The summed E-state index contributed by atoms with van der Waals surface area (Å²) in [5, 5.41) is 11.8. The van der Waals surface area contributed by atoms with Crippen LogP contribution >= 0.6 is 0 Å². The Morgan fingerprint density at radius 2 is 1.96 bits per heavy atom. The monoisotopic (exact) mass is 357 g/mol. The molecule has 0 unspecified atom stereocenters. The number of benzene rings is 2. The molecular weight excluding hydrogens is 338 g/mol. The van der Waals surface area contributed by atoms with Gasteiger partial charge in [-0.2, -0.15) is 5.26 Å². The minimum Gasteiger partial charge on any atom is -0.325 e. The first-order valence-corrected chi connectivity index (χ1v) is 8.59. The Morgan fingerprint density at radius 3 is 2.63 bits per heavy atom.